The first-order chi connectivity index (χ1) is 18.0. The Hall–Kier alpha value is -3.41. The van der Waals surface area contributed by atoms with Crippen LogP contribution in [0.15, 0.2) is 76.4 Å². The number of hydrogen-bond acceptors (Lipinski definition) is 7. The van der Waals surface area contributed by atoms with E-state index < -0.39 is 21.5 Å². The van der Waals surface area contributed by atoms with Crippen molar-refractivity contribution in [2.45, 2.75) is 44.2 Å². The Labute approximate surface area is 223 Å². The maximum absolute atomic E-state index is 13.1. The molecule has 38 heavy (non-hydrogen) atoms. The first-order valence-corrected chi connectivity index (χ1v) is 14.0. The Morgan fingerprint density at radius 2 is 1.87 bits per heavy atom. The van der Waals surface area contributed by atoms with Crippen molar-refractivity contribution in [3.63, 3.8) is 0 Å². The molecule has 3 N–H and O–H groups in total. The fourth-order valence-electron chi connectivity index (χ4n) is 4.99. The molecule has 0 bridgehead atoms. The van der Waals surface area contributed by atoms with Crippen molar-refractivity contribution in [3.8, 4) is 5.75 Å². The molecule has 1 aromatic rings. The molecule has 2 aliphatic heterocycles. The molecule has 4 rings (SSSR count). The Morgan fingerprint density at radius 3 is 2.47 bits per heavy atom. The lowest BCUT2D eigenvalue weighted by Gasteiger charge is -2.48. The number of likely N-dealkylation sites (N-methyl/N-ethyl adjacent to an activating group) is 1. The summed E-state index contributed by atoms with van der Waals surface area (Å²) in [6, 6.07) is 6.05. The van der Waals surface area contributed by atoms with E-state index in [1.807, 2.05) is 12.2 Å². The number of allylic oxidation sites excluding steroid dienone is 3. The van der Waals surface area contributed by atoms with Gasteiger partial charge in [-0.15, -0.1) is 0 Å². The van der Waals surface area contributed by atoms with Gasteiger partial charge in [-0.25, -0.2) is 13.9 Å². The van der Waals surface area contributed by atoms with Gasteiger partial charge >= 0.3 is 0 Å². The van der Waals surface area contributed by atoms with Crippen LogP contribution >= 0.6 is 0 Å². The maximum Gasteiger partial charge on any atom is 0.268 e. The molecule has 1 atom stereocenters. The molecule has 1 unspecified atom stereocenters. The minimum Gasteiger partial charge on any atom is -0.489 e. The molecule has 1 aromatic carbocycles. The quantitative estimate of drug-likeness (QED) is 0.322. The maximum atomic E-state index is 13.1. The van der Waals surface area contributed by atoms with Gasteiger partial charge in [0.15, 0.2) is 0 Å². The van der Waals surface area contributed by atoms with E-state index in [1.54, 1.807) is 26.0 Å². The fraction of sp³-hybridized carbons (Fsp3) is 0.407. The van der Waals surface area contributed by atoms with Crippen LogP contribution < -0.4 is 14.9 Å². The minimum absolute atomic E-state index is 0.0713. The summed E-state index contributed by atoms with van der Waals surface area (Å²) in [7, 11) is -4.14. The van der Waals surface area contributed by atoms with Crippen LogP contribution in [0.5, 0.6) is 5.75 Å². The van der Waals surface area contributed by atoms with Gasteiger partial charge in [-0.1, -0.05) is 38.2 Å². The van der Waals surface area contributed by atoms with Crippen LogP contribution in [0.1, 0.15) is 27.7 Å². The number of carbonyl (C=O) groups excluding carboxylic acids is 2. The van der Waals surface area contributed by atoms with Crippen molar-refractivity contribution in [1.29, 1.82) is 0 Å². The molecule has 1 fully saturated rings. The molecule has 1 saturated heterocycles. The van der Waals surface area contributed by atoms with Gasteiger partial charge in [0, 0.05) is 18.2 Å². The van der Waals surface area contributed by atoms with Crippen LogP contribution in [0.3, 0.4) is 0 Å². The Bertz CT molecular complexity index is 1320. The molecule has 0 aromatic heterocycles. The second kappa shape index (κ2) is 10.8. The average Bonchev–Trinajstić information content (AvgIpc) is 2.88. The predicted octanol–water partition coefficient (Wildman–Crippen LogP) is 2.12. The molecule has 0 spiro atoms. The Kier molecular flexibility index (Phi) is 7.82. The van der Waals surface area contributed by atoms with Crippen molar-refractivity contribution in [2.75, 3.05) is 26.2 Å². The number of nitrogens with zero attached hydrogens (tertiary/aromatic N) is 2. The van der Waals surface area contributed by atoms with Gasteiger partial charge in [0.1, 0.15) is 17.9 Å². The second-order valence-electron chi connectivity index (χ2n) is 9.98. The molecule has 204 valence electrons. The van der Waals surface area contributed by atoms with E-state index in [0.717, 1.165) is 17.8 Å². The molecular formula is C27H34N4O6S. The Morgan fingerprint density at radius 1 is 1.18 bits per heavy atom. The summed E-state index contributed by atoms with van der Waals surface area (Å²) in [5.41, 5.74) is 3.23. The van der Waals surface area contributed by atoms with Crippen LogP contribution in [0.4, 0.5) is 0 Å². The Balaban J connectivity index is 1.45. The highest BCUT2D eigenvalue weighted by Gasteiger charge is 2.53. The number of hydroxylamine groups is 1. The molecule has 1 aliphatic carbocycles. The lowest BCUT2D eigenvalue weighted by atomic mass is 9.89. The average molecular weight is 543 g/mol. The summed E-state index contributed by atoms with van der Waals surface area (Å²) < 4.78 is 34.6. The van der Waals surface area contributed by atoms with Crippen LogP contribution in [0.2, 0.25) is 0 Å². The number of hydrogen-bond donors (Lipinski definition) is 3. The van der Waals surface area contributed by atoms with Crippen molar-refractivity contribution < 1.29 is 28.0 Å². The van der Waals surface area contributed by atoms with Crippen LogP contribution in [0.25, 0.3) is 0 Å². The molecular weight excluding hydrogens is 508 g/mol. The summed E-state index contributed by atoms with van der Waals surface area (Å²) in [6.07, 6.45) is 10.4. The van der Waals surface area contributed by atoms with Gasteiger partial charge in [0.2, 0.25) is 15.9 Å². The van der Waals surface area contributed by atoms with Crippen molar-refractivity contribution in [3.05, 3.63) is 71.5 Å². The van der Waals surface area contributed by atoms with Crippen LogP contribution in [-0.4, -0.2) is 73.1 Å². The van der Waals surface area contributed by atoms with E-state index in [9.17, 15) is 23.2 Å². The van der Waals surface area contributed by atoms with Gasteiger partial charge in [0.25, 0.3) is 5.91 Å². The standard InChI is InChI=1S/C27H34N4O6S/c1-5-31-19(4)14-20(23-8-6-7-9-24(23)31)15-37-21-10-12-22(13-11-21)38(35,36)29-27(26(33)28-34)16-30(17-27)25(32)18(2)3/h6-14,18,24,29,34H,5,15-17H2,1-4H3,(H,28,33). The zero-order chi connectivity index (χ0) is 27.7. The minimum atomic E-state index is -4.14. The lowest BCUT2D eigenvalue weighted by Crippen LogP contribution is -2.77. The van der Waals surface area contributed by atoms with Crippen LogP contribution in [0, 0.1) is 5.92 Å². The number of sulfonamides is 1. The van der Waals surface area contributed by atoms with E-state index in [-0.39, 0.29) is 35.9 Å². The van der Waals surface area contributed by atoms with E-state index in [4.69, 9.17) is 4.74 Å². The highest BCUT2D eigenvalue weighted by Crippen LogP contribution is 2.31. The highest BCUT2D eigenvalue weighted by atomic mass is 32.2. The topological polar surface area (TPSA) is 128 Å². The molecule has 0 saturated carbocycles. The largest absolute Gasteiger partial charge is 0.489 e. The van der Waals surface area contributed by atoms with E-state index >= 15 is 0 Å². The SMILES string of the molecule is CCN1C(C)=CC(COc2ccc(S(=O)(=O)NC3(C(=O)NO)CN(C(=O)C(C)C)C3)cc2)=C2C=CC=CC21. The molecule has 2 amide bonds. The summed E-state index contributed by atoms with van der Waals surface area (Å²) >= 11 is 0. The molecule has 11 heteroatoms. The summed E-state index contributed by atoms with van der Waals surface area (Å²) in [5, 5.41) is 9.18. The van der Waals surface area contributed by atoms with E-state index in [2.05, 4.69) is 41.7 Å². The van der Waals surface area contributed by atoms with E-state index in [1.165, 1.54) is 28.1 Å². The second-order valence-corrected chi connectivity index (χ2v) is 11.7. The van der Waals surface area contributed by atoms with Gasteiger partial charge in [-0.2, -0.15) is 4.72 Å². The summed E-state index contributed by atoms with van der Waals surface area (Å²) in [5.74, 6) is -0.945. The number of fused-ring (bicyclic) bond motifs is 1. The van der Waals surface area contributed by atoms with Gasteiger partial charge in [0.05, 0.1) is 24.0 Å². The monoisotopic (exact) mass is 542 g/mol. The number of nitrogens with one attached hydrogen (secondary N) is 2. The fourth-order valence-corrected chi connectivity index (χ4v) is 6.34. The number of likely N-dealkylation sites (tertiary alicyclic amines) is 1. The summed E-state index contributed by atoms with van der Waals surface area (Å²) in [6.45, 7) is 8.48. The van der Waals surface area contributed by atoms with Crippen LogP contribution in [-0.2, 0) is 19.6 Å². The zero-order valence-corrected chi connectivity index (χ0v) is 22.8. The third-order valence-electron chi connectivity index (χ3n) is 7.00. The van der Waals surface area contributed by atoms with Crippen molar-refractivity contribution >= 4 is 21.8 Å². The zero-order valence-electron chi connectivity index (χ0n) is 22.0. The normalized spacial score (nSPS) is 20.2. The number of amides is 2. The number of ether oxygens (including phenoxy) is 1. The van der Waals surface area contributed by atoms with Gasteiger partial charge in [-0.05, 0) is 55.3 Å². The molecule has 0 radical (unpaired) electrons. The molecule has 2 heterocycles. The number of rotatable bonds is 9. The summed E-state index contributed by atoms with van der Waals surface area (Å²) in [4.78, 5) is 28.2. The number of benzene rings is 1. The molecule has 3 aliphatic rings. The van der Waals surface area contributed by atoms with Gasteiger partial charge in [-0.3, -0.25) is 14.8 Å². The first kappa shape index (κ1) is 27.6. The first-order valence-electron chi connectivity index (χ1n) is 12.5. The van der Waals surface area contributed by atoms with Crippen molar-refractivity contribution in [2.24, 2.45) is 5.92 Å². The predicted molar refractivity (Wildman–Crippen MR) is 142 cm³/mol. The number of carbonyl (C=O) groups is 2. The third kappa shape index (κ3) is 5.27. The molecule has 10 nitrogen and oxygen atoms in total. The van der Waals surface area contributed by atoms with Crippen molar-refractivity contribution in [1.82, 2.24) is 20.0 Å². The lowest BCUT2D eigenvalue weighted by molar-refractivity contribution is -0.152. The van der Waals surface area contributed by atoms with Gasteiger partial charge < -0.3 is 14.5 Å². The third-order valence-corrected chi connectivity index (χ3v) is 8.56. The highest BCUT2D eigenvalue weighted by molar-refractivity contribution is 7.89. The van der Waals surface area contributed by atoms with E-state index in [0.29, 0.717) is 12.4 Å². The smallest absolute Gasteiger partial charge is 0.268 e.